The van der Waals surface area contributed by atoms with Crippen molar-refractivity contribution in [3.8, 4) is 5.69 Å². The number of halogens is 1. The number of aromatic nitrogens is 2. The molecule has 0 amide bonds. The van der Waals surface area contributed by atoms with Gasteiger partial charge >= 0.3 is 0 Å². The van der Waals surface area contributed by atoms with Gasteiger partial charge in [-0.3, -0.25) is 4.99 Å². The quantitative estimate of drug-likeness (QED) is 0.425. The Hall–Kier alpha value is -1.57. The molecule has 5 nitrogen and oxygen atoms in total. The zero-order chi connectivity index (χ0) is 15.2. The summed E-state index contributed by atoms with van der Waals surface area (Å²) in [5.74, 6) is 1.74. The van der Waals surface area contributed by atoms with Crippen LogP contribution in [0.5, 0.6) is 0 Å². The minimum absolute atomic E-state index is 0. The van der Waals surface area contributed by atoms with Gasteiger partial charge in [-0.25, -0.2) is 4.68 Å². The summed E-state index contributed by atoms with van der Waals surface area (Å²) in [6.07, 6.45) is 7.63. The molecule has 0 aliphatic heterocycles. The fourth-order valence-corrected chi connectivity index (χ4v) is 2.32. The molecular weight excluding hydrogens is 401 g/mol. The molecule has 1 aliphatic rings. The standard InChI is InChI=1S/C17H23N5.HI/c1-18-17(20-11-14-7-8-14)19-10-9-15-12-21-22(13-15)16-5-3-2-4-6-16;/h2-6,12-14H,7-11H2,1H3,(H2,18,19,20);1H. The van der Waals surface area contributed by atoms with Gasteiger partial charge in [-0.05, 0) is 42.9 Å². The van der Waals surface area contributed by atoms with Gasteiger partial charge in [-0.15, -0.1) is 24.0 Å². The van der Waals surface area contributed by atoms with Gasteiger partial charge in [-0.2, -0.15) is 5.10 Å². The Balaban J connectivity index is 0.00000192. The van der Waals surface area contributed by atoms with E-state index in [1.807, 2.05) is 36.1 Å². The lowest BCUT2D eigenvalue weighted by Gasteiger charge is -2.10. The molecule has 1 aromatic carbocycles. The van der Waals surface area contributed by atoms with Crippen molar-refractivity contribution in [2.75, 3.05) is 20.1 Å². The third-order valence-corrected chi connectivity index (χ3v) is 3.84. The van der Waals surface area contributed by atoms with Crippen LogP contribution in [0.15, 0.2) is 47.7 Å². The SMILES string of the molecule is CN=C(NCCc1cnn(-c2ccccc2)c1)NCC1CC1.I. The van der Waals surface area contributed by atoms with Crippen molar-refractivity contribution in [3.63, 3.8) is 0 Å². The Morgan fingerprint density at radius 3 is 2.74 bits per heavy atom. The smallest absolute Gasteiger partial charge is 0.190 e. The van der Waals surface area contributed by atoms with Crippen molar-refractivity contribution >= 4 is 29.9 Å². The van der Waals surface area contributed by atoms with Gasteiger partial charge in [0.05, 0.1) is 11.9 Å². The van der Waals surface area contributed by atoms with E-state index in [-0.39, 0.29) is 24.0 Å². The van der Waals surface area contributed by atoms with Gasteiger partial charge in [0.1, 0.15) is 0 Å². The number of hydrogen-bond donors (Lipinski definition) is 2. The van der Waals surface area contributed by atoms with Crippen LogP contribution >= 0.6 is 24.0 Å². The van der Waals surface area contributed by atoms with Gasteiger partial charge in [0.25, 0.3) is 0 Å². The van der Waals surface area contributed by atoms with Gasteiger partial charge in [-0.1, -0.05) is 18.2 Å². The highest BCUT2D eigenvalue weighted by molar-refractivity contribution is 14.0. The number of hydrogen-bond acceptors (Lipinski definition) is 2. The Labute approximate surface area is 154 Å². The maximum atomic E-state index is 4.42. The van der Waals surface area contributed by atoms with E-state index in [4.69, 9.17) is 0 Å². The third kappa shape index (κ3) is 5.53. The summed E-state index contributed by atoms with van der Waals surface area (Å²) >= 11 is 0. The molecule has 0 atom stereocenters. The minimum atomic E-state index is 0. The first-order valence-corrected chi connectivity index (χ1v) is 7.88. The van der Waals surface area contributed by atoms with E-state index in [1.165, 1.54) is 18.4 Å². The lowest BCUT2D eigenvalue weighted by molar-refractivity contribution is 0.734. The number of aliphatic imine (C=N–C) groups is 1. The fraction of sp³-hybridized carbons (Fsp3) is 0.412. The maximum absolute atomic E-state index is 4.42. The molecule has 1 aromatic heterocycles. The number of rotatable bonds is 6. The average Bonchev–Trinajstić information content (AvgIpc) is 3.28. The second-order valence-electron chi connectivity index (χ2n) is 5.70. The molecule has 1 saturated carbocycles. The summed E-state index contributed by atoms with van der Waals surface area (Å²) in [5, 5.41) is 11.1. The first-order chi connectivity index (χ1) is 10.8. The summed E-state index contributed by atoms with van der Waals surface area (Å²) in [6, 6.07) is 10.2. The molecule has 0 saturated heterocycles. The fourth-order valence-electron chi connectivity index (χ4n) is 2.32. The largest absolute Gasteiger partial charge is 0.356 e. The molecule has 3 rings (SSSR count). The van der Waals surface area contributed by atoms with Crippen molar-refractivity contribution in [1.29, 1.82) is 0 Å². The van der Waals surface area contributed by atoms with Crippen LogP contribution in [0.3, 0.4) is 0 Å². The molecule has 6 heteroatoms. The van der Waals surface area contributed by atoms with Gasteiger partial charge in [0.2, 0.25) is 0 Å². The molecule has 23 heavy (non-hydrogen) atoms. The highest BCUT2D eigenvalue weighted by Crippen LogP contribution is 2.27. The van der Waals surface area contributed by atoms with Gasteiger partial charge in [0.15, 0.2) is 5.96 Å². The first kappa shape index (κ1) is 17.8. The van der Waals surface area contributed by atoms with E-state index in [2.05, 4.69) is 39.1 Å². The molecule has 2 N–H and O–H groups in total. The van der Waals surface area contributed by atoms with E-state index in [1.54, 1.807) is 0 Å². The Kier molecular flexibility index (Phi) is 6.88. The molecule has 124 valence electrons. The highest BCUT2D eigenvalue weighted by Gasteiger charge is 2.20. The van der Waals surface area contributed by atoms with E-state index in [0.29, 0.717) is 0 Å². The monoisotopic (exact) mass is 425 g/mol. The zero-order valence-electron chi connectivity index (χ0n) is 13.4. The normalized spacial score (nSPS) is 14.2. The number of nitrogens with zero attached hydrogens (tertiary/aromatic N) is 3. The second kappa shape index (κ2) is 8.90. The lowest BCUT2D eigenvalue weighted by atomic mass is 10.2. The molecule has 2 aromatic rings. The Bertz CT molecular complexity index is 619. The summed E-state index contributed by atoms with van der Waals surface area (Å²) in [4.78, 5) is 4.25. The average molecular weight is 425 g/mol. The molecule has 0 bridgehead atoms. The van der Waals surface area contributed by atoms with Crippen molar-refractivity contribution in [2.45, 2.75) is 19.3 Å². The van der Waals surface area contributed by atoms with E-state index >= 15 is 0 Å². The van der Waals surface area contributed by atoms with E-state index in [9.17, 15) is 0 Å². The highest BCUT2D eigenvalue weighted by atomic mass is 127. The van der Waals surface area contributed by atoms with Crippen LogP contribution in [0.4, 0.5) is 0 Å². The number of guanidine groups is 1. The number of para-hydroxylation sites is 1. The van der Waals surface area contributed by atoms with Crippen molar-refractivity contribution in [2.24, 2.45) is 10.9 Å². The topological polar surface area (TPSA) is 54.2 Å². The summed E-state index contributed by atoms with van der Waals surface area (Å²) in [5.41, 5.74) is 2.30. The van der Waals surface area contributed by atoms with Crippen LogP contribution in [0.1, 0.15) is 18.4 Å². The van der Waals surface area contributed by atoms with Crippen LogP contribution in [-0.4, -0.2) is 35.9 Å². The van der Waals surface area contributed by atoms with Crippen molar-refractivity contribution in [1.82, 2.24) is 20.4 Å². The predicted molar refractivity (Wildman–Crippen MR) is 105 cm³/mol. The molecule has 1 aliphatic carbocycles. The molecule has 0 unspecified atom stereocenters. The van der Waals surface area contributed by atoms with E-state index < -0.39 is 0 Å². The molecule has 1 fully saturated rings. The minimum Gasteiger partial charge on any atom is -0.356 e. The second-order valence-corrected chi connectivity index (χ2v) is 5.70. The van der Waals surface area contributed by atoms with E-state index in [0.717, 1.165) is 37.1 Å². The number of benzene rings is 1. The Morgan fingerprint density at radius 2 is 2.04 bits per heavy atom. The van der Waals surface area contributed by atoms with Gasteiger partial charge in [0, 0.05) is 26.3 Å². The van der Waals surface area contributed by atoms with Crippen LogP contribution in [0.2, 0.25) is 0 Å². The number of nitrogens with one attached hydrogen (secondary N) is 2. The summed E-state index contributed by atoms with van der Waals surface area (Å²) < 4.78 is 1.91. The third-order valence-electron chi connectivity index (χ3n) is 3.84. The van der Waals surface area contributed by atoms with Crippen molar-refractivity contribution in [3.05, 3.63) is 48.3 Å². The van der Waals surface area contributed by atoms with Crippen LogP contribution in [0.25, 0.3) is 5.69 Å². The van der Waals surface area contributed by atoms with Crippen LogP contribution in [0, 0.1) is 5.92 Å². The Morgan fingerprint density at radius 1 is 1.26 bits per heavy atom. The molecule has 0 radical (unpaired) electrons. The predicted octanol–water partition coefficient (Wildman–Crippen LogP) is 2.61. The van der Waals surface area contributed by atoms with Crippen LogP contribution in [-0.2, 0) is 6.42 Å². The first-order valence-electron chi connectivity index (χ1n) is 7.88. The summed E-state index contributed by atoms with van der Waals surface area (Å²) in [6.45, 7) is 1.89. The zero-order valence-corrected chi connectivity index (χ0v) is 15.7. The summed E-state index contributed by atoms with van der Waals surface area (Å²) in [7, 11) is 1.82. The molecule has 0 spiro atoms. The van der Waals surface area contributed by atoms with Gasteiger partial charge < -0.3 is 10.6 Å². The maximum Gasteiger partial charge on any atom is 0.190 e. The van der Waals surface area contributed by atoms with Crippen molar-refractivity contribution < 1.29 is 0 Å². The molecular formula is C17H24IN5. The van der Waals surface area contributed by atoms with Crippen LogP contribution < -0.4 is 10.6 Å². The molecule has 1 heterocycles. The lowest BCUT2D eigenvalue weighted by Crippen LogP contribution is -2.39.